The molecule has 9 heavy (non-hydrogen) atoms. The number of hydrogen-bond acceptors (Lipinski definition) is 2. The third kappa shape index (κ3) is 2.87. The van der Waals surface area contributed by atoms with Gasteiger partial charge in [-0.3, -0.25) is 10.2 Å². The van der Waals surface area contributed by atoms with Crippen molar-refractivity contribution in [2.24, 2.45) is 5.84 Å². The summed E-state index contributed by atoms with van der Waals surface area (Å²) in [5.41, 5.74) is 2.71. The zero-order chi connectivity index (χ0) is 7.28. The average Bonchev–Trinajstić information content (AvgIpc) is 1.87. The average molecular weight is 128 g/mol. The third-order valence-electron chi connectivity index (χ3n) is 1.000. The van der Waals surface area contributed by atoms with E-state index in [-0.39, 0.29) is 5.91 Å². The monoisotopic (exact) mass is 128 g/mol. The highest BCUT2D eigenvalue weighted by molar-refractivity contribution is 5.92. The summed E-state index contributed by atoms with van der Waals surface area (Å²) in [6.45, 7) is 3.69. The maximum absolute atomic E-state index is 10.6. The largest absolute Gasteiger partial charge is 0.290 e. The van der Waals surface area contributed by atoms with E-state index in [1.807, 2.05) is 18.4 Å². The Hall–Kier alpha value is -0.830. The van der Waals surface area contributed by atoms with E-state index < -0.39 is 0 Å². The van der Waals surface area contributed by atoms with Crippen LogP contribution in [0.2, 0.25) is 0 Å². The van der Waals surface area contributed by atoms with Crippen molar-refractivity contribution in [1.29, 1.82) is 0 Å². The lowest BCUT2D eigenvalue weighted by atomic mass is 10.2. The zero-order valence-electron chi connectivity index (χ0n) is 5.77. The van der Waals surface area contributed by atoms with Crippen molar-refractivity contribution in [3.63, 3.8) is 0 Å². The molecule has 0 rings (SSSR count). The van der Waals surface area contributed by atoms with Crippen molar-refractivity contribution in [2.75, 3.05) is 0 Å². The Labute approximate surface area is 54.9 Å². The SMILES string of the molecule is CC/C=C(/C)C(=O)NN. The van der Waals surface area contributed by atoms with Gasteiger partial charge in [0.15, 0.2) is 0 Å². The number of rotatable bonds is 2. The van der Waals surface area contributed by atoms with E-state index in [4.69, 9.17) is 5.84 Å². The summed E-state index contributed by atoms with van der Waals surface area (Å²) < 4.78 is 0. The molecule has 0 aromatic carbocycles. The minimum atomic E-state index is -0.211. The molecule has 1 amide bonds. The minimum Gasteiger partial charge on any atom is -0.290 e. The number of carbonyl (C=O) groups excluding carboxylic acids is 1. The lowest BCUT2D eigenvalue weighted by Gasteiger charge is -1.95. The van der Waals surface area contributed by atoms with Gasteiger partial charge in [-0.2, -0.15) is 0 Å². The molecule has 3 heteroatoms. The van der Waals surface area contributed by atoms with Gasteiger partial charge in [-0.1, -0.05) is 13.0 Å². The molecule has 0 bridgehead atoms. The molecule has 0 aliphatic rings. The van der Waals surface area contributed by atoms with E-state index in [0.717, 1.165) is 6.42 Å². The number of amides is 1. The number of hydrogen-bond donors (Lipinski definition) is 2. The first-order chi connectivity index (χ1) is 4.22. The van der Waals surface area contributed by atoms with Crippen LogP contribution in [0.3, 0.4) is 0 Å². The molecule has 3 N–H and O–H groups in total. The van der Waals surface area contributed by atoms with E-state index in [0.29, 0.717) is 5.57 Å². The fourth-order valence-corrected chi connectivity index (χ4v) is 0.513. The molecule has 3 nitrogen and oxygen atoms in total. The molecule has 0 aromatic heterocycles. The van der Waals surface area contributed by atoms with Crippen LogP contribution < -0.4 is 11.3 Å². The molecule has 0 radical (unpaired) electrons. The topological polar surface area (TPSA) is 55.1 Å². The Morgan fingerprint density at radius 2 is 2.33 bits per heavy atom. The van der Waals surface area contributed by atoms with Crippen LogP contribution in [0.4, 0.5) is 0 Å². The van der Waals surface area contributed by atoms with Gasteiger partial charge >= 0.3 is 0 Å². The summed E-state index contributed by atoms with van der Waals surface area (Å²) in [5, 5.41) is 0. The summed E-state index contributed by atoms with van der Waals surface area (Å²) in [4.78, 5) is 10.6. The lowest BCUT2D eigenvalue weighted by Crippen LogP contribution is -2.30. The molecule has 0 fully saturated rings. The van der Waals surface area contributed by atoms with Gasteiger partial charge < -0.3 is 0 Å². The van der Waals surface area contributed by atoms with Gasteiger partial charge in [0, 0.05) is 5.57 Å². The van der Waals surface area contributed by atoms with Gasteiger partial charge in [0.2, 0.25) is 0 Å². The van der Waals surface area contributed by atoms with E-state index in [2.05, 4.69) is 0 Å². The van der Waals surface area contributed by atoms with Crippen LogP contribution in [-0.2, 0) is 4.79 Å². The summed E-state index contributed by atoms with van der Waals surface area (Å²) in [6, 6.07) is 0. The molecule has 0 saturated carbocycles. The van der Waals surface area contributed by atoms with Crippen LogP contribution in [0.25, 0.3) is 0 Å². The highest BCUT2D eigenvalue weighted by Crippen LogP contribution is 1.92. The number of hydrazine groups is 1. The molecule has 0 saturated heterocycles. The van der Waals surface area contributed by atoms with E-state index in [9.17, 15) is 4.79 Å². The van der Waals surface area contributed by atoms with Gasteiger partial charge in [-0.15, -0.1) is 0 Å². The molecule has 0 aliphatic carbocycles. The van der Waals surface area contributed by atoms with Crippen molar-refractivity contribution in [3.05, 3.63) is 11.6 Å². The Bertz CT molecular complexity index is 129. The van der Waals surface area contributed by atoms with Gasteiger partial charge in [-0.05, 0) is 13.3 Å². The molecular formula is C6H12N2O. The Morgan fingerprint density at radius 3 is 2.67 bits per heavy atom. The lowest BCUT2D eigenvalue weighted by molar-refractivity contribution is -0.117. The molecule has 0 spiro atoms. The number of allylic oxidation sites excluding steroid dienone is 1. The fraction of sp³-hybridized carbons (Fsp3) is 0.500. The first-order valence-corrected chi connectivity index (χ1v) is 2.90. The van der Waals surface area contributed by atoms with Crippen LogP contribution in [-0.4, -0.2) is 5.91 Å². The van der Waals surface area contributed by atoms with Gasteiger partial charge in [0.1, 0.15) is 0 Å². The summed E-state index contributed by atoms with van der Waals surface area (Å²) in [6.07, 6.45) is 2.68. The summed E-state index contributed by atoms with van der Waals surface area (Å²) >= 11 is 0. The minimum absolute atomic E-state index is 0.211. The van der Waals surface area contributed by atoms with E-state index in [1.165, 1.54) is 0 Å². The van der Waals surface area contributed by atoms with Gasteiger partial charge in [0.25, 0.3) is 5.91 Å². The van der Waals surface area contributed by atoms with Crippen LogP contribution in [0.1, 0.15) is 20.3 Å². The predicted molar refractivity (Wildman–Crippen MR) is 36.4 cm³/mol. The standard InChI is InChI=1S/C6H12N2O/c1-3-4-5(2)6(9)8-7/h4H,3,7H2,1-2H3,(H,8,9)/b5-4-. The van der Waals surface area contributed by atoms with Crippen molar-refractivity contribution >= 4 is 5.91 Å². The second-order valence-corrected chi connectivity index (χ2v) is 1.77. The smallest absolute Gasteiger partial charge is 0.260 e. The van der Waals surface area contributed by atoms with Crippen molar-refractivity contribution in [3.8, 4) is 0 Å². The van der Waals surface area contributed by atoms with Crippen molar-refractivity contribution in [2.45, 2.75) is 20.3 Å². The first kappa shape index (κ1) is 8.17. The number of nitrogens with one attached hydrogen (secondary N) is 1. The third-order valence-corrected chi connectivity index (χ3v) is 1.000. The second kappa shape index (κ2) is 4.09. The zero-order valence-corrected chi connectivity index (χ0v) is 5.77. The maximum Gasteiger partial charge on any atom is 0.260 e. The highest BCUT2D eigenvalue weighted by Gasteiger charge is 1.97. The van der Waals surface area contributed by atoms with Crippen molar-refractivity contribution in [1.82, 2.24) is 5.43 Å². The van der Waals surface area contributed by atoms with Crippen LogP contribution in [0, 0.1) is 0 Å². The Morgan fingerprint density at radius 1 is 1.78 bits per heavy atom. The fourth-order valence-electron chi connectivity index (χ4n) is 0.513. The van der Waals surface area contributed by atoms with E-state index in [1.54, 1.807) is 6.92 Å². The molecule has 0 unspecified atom stereocenters. The molecule has 0 aromatic rings. The van der Waals surface area contributed by atoms with Crippen LogP contribution in [0.15, 0.2) is 11.6 Å². The quantitative estimate of drug-likeness (QED) is 0.244. The highest BCUT2D eigenvalue weighted by atomic mass is 16.2. The normalized spacial score (nSPS) is 11.2. The van der Waals surface area contributed by atoms with Gasteiger partial charge in [-0.25, -0.2) is 5.84 Å². The Kier molecular flexibility index (Phi) is 3.71. The summed E-state index contributed by atoms with van der Waals surface area (Å²) in [5.74, 6) is 4.65. The van der Waals surface area contributed by atoms with Crippen molar-refractivity contribution < 1.29 is 4.79 Å². The molecule has 52 valence electrons. The first-order valence-electron chi connectivity index (χ1n) is 2.90. The molecule has 0 heterocycles. The predicted octanol–water partition coefficient (Wildman–Crippen LogP) is 0.333. The second-order valence-electron chi connectivity index (χ2n) is 1.77. The maximum atomic E-state index is 10.6. The van der Waals surface area contributed by atoms with Crippen LogP contribution in [0.5, 0.6) is 0 Å². The number of carbonyl (C=O) groups is 1. The van der Waals surface area contributed by atoms with Crippen LogP contribution >= 0.6 is 0 Å². The molecule has 0 aliphatic heterocycles. The Balaban J connectivity index is 3.86. The summed E-state index contributed by atoms with van der Waals surface area (Å²) in [7, 11) is 0. The molecular weight excluding hydrogens is 116 g/mol. The van der Waals surface area contributed by atoms with E-state index >= 15 is 0 Å². The van der Waals surface area contributed by atoms with Gasteiger partial charge in [0.05, 0.1) is 0 Å². The molecule has 0 atom stereocenters. The number of nitrogens with two attached hydrogens (primary N) is 1.